The summed E-state index contributed by atoms with van der Waals surface area (Å²) in [7, 11) is 3.75. The van der Waals surface area contributed by atoms with Crippen LogP contribution in [0, 0.1) is 17.8 Å². The highest BCUT2D eigenvalue weighted by atomic mass is 19.1. The summed E-state index contributed by atoms with van der Waals surface area (Å²) in [6, 6.07) is 18.8. The number of carbonyl (C=O) groups excluding carboxylic acids is 3. The molecule has 12 nitrogen and oxygen atoms in total. The van der Waals surface area contributed by atoms with E-state index in [0.29, 0.717) is 24.2 Å². The van der Waals surface area contributed by atoms with Gasteiger partial charge in [0.2, 0.25) is 23.2 Å². The lowest BCUT2D eigenvalue weighted by molar-refractivity contribution is -0.115. The number of ether oxygens (including phenoxy) is 3. The van der Waals surface area contributed by atoms with Crippen LogP contribution >= 0.6 is 0 Å². The standard InChI is InChI=1S/C38H35FN4O7.C2H7N/c1-37(2,3)40-17-26(44)41-35-31(47-18-20-10-6-4-7-11-20)28-24(34(39)42-35)15-22-14-23-16-25-29(32(46)38(23)33(49-38)27(22)30(28)45)36(43-50-25)48-19-21-12-8-5-9-13-21;1-3-2/h4-13,22-23,40H,14-19H2,1-3H3,(H,41,42,44);3H,1-2H3/t22?,23-,38+;/m0./s1. The van der Waals surface area contributed by atoms with E-state index in [4.69, 9.17) is 18.7 Å². The first kappa shape index (κ1) is 36.0. The zero-order valence-corrected chi connectivity index (χ0v) is 30.3. The molecule has 3 N–H and O–H groups in total. The van der Waals surface area contributed by atoms with Crippen molar-refractivity contribution in [2.45, 2.75) is 64.4 Å². The molecule has 1 aliphatic heterocycles. The van der Waals surface area contributed by atoms with E-state index in [1.54, 1.807) is 0 Å². The van der Waals surface area contributed by atoms with E-state index in [-0.39, 0.29) is 83.3 Å². The number of allylic oxidation sites excluding steroid dienone is 1. The third-order valence-corrected chi connectivity index (χ3v) is 9.69. The fourth-order valence-corrected chi connectivity index (χ4v) is 7.27. The molecule has 1 amide bonds. The van der Waals surface area contributed by atoms with E-state index < -0.39 is 29.2 Å². The van der Waals surface area contributed by atoms with Gasteiger partial charge < -0.3 is 34.7 Å². The van der Waals surface area contributed by atoms with Gasteiger partial charge in [-0.15, -0.1) is 0 Å². The molecule has 13 heteroatoms. The molecule has 8 rings (SSSR count). The van der Waals surface area contributed by atoms with Gasteiger partial charge in [-0.05, 0) is 69.9 Å². The summed E-state index contributed by atoms with van der Waals surface area (Å²) >= 11 is 0. The minimum Gasteiger partial charge on any atom is -0.484 e. The number of fused-ring (bicyclic) bond motifs is 3. The maximum absolute atomic E-state index is 15.9. The number of epoxide rings is 1. The quantitative estimate of drug-likeness (QED) is 0.151. The first-order valence-electron chi connectivity index (χ1n) is 17.7. The molecule has 4 aromatic rings. The number of Topliss-reactive ketones (excluding diaryl/α,β-unsaturated/α-hetero) is 2. The second-order valence-corrected chi connectivity index (χ2v) is 14.7. The van der Waals surface area contributed by atoms with E-state index in [2.05, 4.69) is 26.1 Å². The van der Waals surface area contributed by atoms with E-state index in [1.807, 2.05) is 95.5 Å². The Balaban J connectivity index is 0.00000140. The lowest BCUT2D eigenvalue weighted by atomic mass is 9.63. The first-order chi connectivity index (χ1) is 25.4. The molecule has 1 spiro atoms. The van der Waals surface area contributed by atoms with Crippen molar-refractivity contribution >= 4 is 23.3 Å². The predicted octanol–water partition coefficient (Wildman–Crippen LogP) is 5.37. The highest BCUT2D eigenvalue weighted by Crippen LogP contribution is 2.63. The van der Waals surface area contributed by atoms with Crippen LogP contribution in [0.5, 0.6) is 11.6 Å². The maximum atomic E-state index is 15.9. The average Bonchev–Trinajstić information content (AvgIpc) is 3.76. The number of rotatable bonds is 9. The van der Waals surface area contributed by atoms with E-state index in [9.17, 15) is 14.4 Å². The Hall–Kier alpha value is -5.40. The Morgan fingerprint density at radius 2 is 1.60 bits per heavy atom. The number of aromatic nitrogens is 2. The lowest BCUT2D eigenvalue weighted by Gasteiger charge is -2.35. The van der Waals surface area contributed by atoms with Crippen LogP contribution < -0.4 is 25.4 Å². The second-order valence-electron chi connectivity index (χ2n) is 14.7. The van der Waals surface area contributed by atoms with Gasteiger partial charge in [0, 0.05) is 29.0 Å². The van der Waals surface area contributed by atoms with Crippen LogP contribution in [-0.2, 0) is 35.6 Å². The molecule has 3 atom stereocenters. The first-order valence-corrected chi connectivity index (χ1v) is 17.7. The summed E-state index contributed by atoms with van der Waals surface area (Å²) in [4.78, 5) is 45.9. The molecule has 0 bridgehead atoms. The minimum absolute atomic E-state index is 0.0313. The third-order valence-electron chi connectivity index (χ3n) is 9.69. The molecule has 1 saturated heterocycles. The van der Waals surface area contributed by atoms with Crippen LogP contribution in [0.1, 0.15) is 70.4 Å². The number of anilines is 1. The Morgan fingerprint density at radius 3 is 2.25 bits per heavy atom. The van der Waals surface area contributed by atoms with E-state index in [1.165, 1.54) is 0 Å². The molecule has 2 aromatic heterocycles. The number of halogens is 1. The number of ketones is 2. The van der Waals surface area contributed by atoms with Crippen molar-refractivity contribution in [2.75, 3.05) is 26.0 Å². The Kier molecular flexibility index (Phi) is 9.64. The van der Waals surface area contributed by atoms with Crippen LogP contribution in [0.3, 0.4) is 0 Å². The summed E-state index contributed by atoms with van der Waals surface area (Å²) in [6.07, 6.45) is 0.864. The smallest absolute Gasteiger partial charge is 0.265 e. The van der Waals surface area contributed by atoms with Gasteiger partial charge in [0.05, 0.1) is 12.1 Å². The molecule has 4 aliphatic rings. The lowest BCUT2D eigenvalue weighted by Crippen LogP contribution is -2.44. The van der Waals surface area contributed by atoms with Gasteiger partial charge in [-0.25, -0.2) is 0 Å². The number of pyridine rings is 1. The van der Waals surface area contributed by atoms with E-state index >= 15 is 4.39 Å². The summed E-state index contributed by atoms with van der Waals surface area (Å²) in [5.74, 6) is -2.45. The average molecular weight is 724 g/mol. The molecule has 0 saturated carbocycles. The zero-order valence-electron chi connectivity index (χ0n) is 30.3. The van der Waals surface area contributed by atoms with Gasteiger partial charge >= 0.3 is 0 Å². The fraction of sp³-hybridized carbons (Fsp3) is 0.375. The van der Waals surface area contributed by atoms with Crippen LogP contribution in [-0.4, -0.2) is 59.4 Å². The zero-order chi connectivity index (χ0) is 37.5. The number of hydrogen-bond donors (Lipinski definition) is 3. The molecule has 276 valence electrons. The number of carbonyl (C=O) groups is 3. The number of nitrogens with one attached hydrogen (secondary N) is 3. The number of amides is 1. The fourth-order valence-electron chi connectivity index (χ4n) is 7.27. The highest BCUT2D eigenvalue weighted by molar-refractivity contribution is 6.18. The van der Waals surface area contributed by atoms with Crippen molar-refractivity contribution in [3.8, 4) is 11.6 Å². The molecule has 1 unspecified atom stereocenters. The van der Waals surface area contributed by atoms with Gasteiger partial charge in [0.25, 0.3) is 5.88 Å². The van der Waals surface area contributed by atoms with Gasteiger partial charge in [-0.3, -0.25) is 14.4 Å². The maximum Gasteiger partial charge on any atom is 0.265 e. The number of hydrogen-bond acceptors (Lipinski definition) is 11. The Morgan fingerprint density at radius 1 is 0.962 bits per heavy atom. The highest BCUT2D eigenvalue weighted by Gasteiger charge is 2.72. The van der Waals surface area contributed by atoms with Crippen molar-refractivity contribution in [3.63, 3.8) is 0 Å². The Bertz CT molecular complexity index is 2090. The monoisotopic (exact) mass is 723 g/mol. The number of nitrogens with zero attached hydrogens (tertiary/aromatic N) is 2. The normalized spacial score (nSPS) is 20.7. The van der Waals surface area contributed by atoms with Crippen LogP contribution in [0.15, 0.2) is 76.5 Å². The molecule has 3 heterocycles. The third kappa shape index (κ3) is 6.82. The van der Waals surface area contributed by atoms with Gasteiger partial charge in [-0.1, -0.05) is 60.7 Å². The number of benzene rings is 2. The summed E-state index contributed by atoms with van der Waals surface area (Å²) in [6.45, 7) is 5.89. The summed E-state index contributed by atoms with van der Waals surface area (Å²) in [5, 5.41) is 12.6. The molecular formula is C40H42FN5O7. The molecular weight excluding hydrogens is 681 g/mol. The van der Waals surface area contributed by atoms with Crippen LogP contribution in [0.4, 0.5) is 10.2 Å². The molecule has 53 heavy (non-hydrogen) atoms. The van der Waals surface area contributed by atoms with Crippen molar-refractivity contribution in [1.82, 2.24) is 20.8 Å². The van der Waals surface area contributed by atoms with Gasteiger partial charge in [-0.2, -0.15) is 9.37 Å². The van der Waals surface area contributed by atoms with Crippen molar-refractivity contribution in [2.24, 2.45) is 11.8 Å². The predicted molar refractivity (Wildman–Crippen MR) is 192 cm³/mol. The molecule has 0 radical (unpaired) electrons. The van der Waals surface area contributed by atoms with Crippen molar-refractivity contribution in [3.05, 3.63) is 112 Å². The second kappa shape index (κ2) is 14.2. The molecule has 3 aliphatic carbocycles. The summed E-state index contributed by atoms with van der Waals surface area (Å²) < 4.78 is 39.8. The van der Waals surface area contributed by atoms with E-state index in [0.717, 1.165) is 11.1 Å². The van der Waals surface area contributed by atoms with Crippen molar-refractivity contribution in [1.29, 1.82) is 0 Å². The van der Waals surface area contributed by atoms with Gasteiger partial charge in [0.1, 0.15) is 18.8 Å². The summed E-state index contributed by atoms with van der Waals surface area (Å²) in [5.41, 5.74) is 0.592. The van der Waals surface area contributed by atoms with Crippen molar-refractivity contribution < 1.29 is 37.5 Å². The molecule has 2 aromatic carbocycles. The SMILES string of the molecule is CC(C)(C)NCC(=O)Nc1nc(F)c2c(c1OCc1ccccc1)C(=O)C1=C3O[C@]34C(=O)c3c(OCc5ccccc5)noc3C[C@@H]4CC1C2.CNC. The largest absolute Gasteiger partial charge is 0.484 e. The van der Waals surface area contributed by atoms with Gasteiger partial charge in [0.15, 0.2) is 28.9 Å². The minimum atomic E-state index is -1.35. The Labute approximate surface area is 306 Å². The van der Waals surface area contributed by atoms with Crippen LogP contribution in [0.25, 0.3) is 0 Å². The molecule has 1 fully saturated rings. The van der Waals surface area contributed by atoms with Crippen LogP contribution in [0.2, 0.25) is 0 Å². The topological polar surface area (TPSA) is 157 Å².